The number of rotatable bonds is 9. The fourth-order valence-corrected chi connectivity index (χ4v) is 4.05. The van der Waals surface area contributed by atoms with E-state index in [0.29, 0.717) is 23.7 Å². The standard InChI is InChI=1S/C23H35N5O2/c1-4-17(27-18-10-13-30-14-11-18)9-12-25-23-21(22(24)26-16(3)29)15(2)19-7-5-6-8-20(19)28-23/h5-8,16-18,27,29H,4,9-14H2,1-3H3,(H2,24,26)(H,25,28). The molecule has 1 aromatic carbocycles. The Labute approximate surface area is 179 Å². The van der Waals surface area contributed by atoms with Crippen LogP contribution in [0.1, 0.15) is 50.7 Å². The van der Waals surface area contributed by atoms with Crippen LogP contribution in [0.15, 0.2) is 29.3 Å². The number of aromatic nitrogens is 1. The van der Waals surface area contributed by atoms with E-state index in [9.17, 15) is 5.11 Å². The van der Waals surface area contributed by atoms with Crippen LogP contribution < -0.4 is 16.4 Å². The van der Waals surface area contributed by atoms with Gasteiger partial charge in [0.2, 0.25) is 0 Å². The number of aliphatic imine (C=N–C) groups is 1. The van der Waals surface area contributed by atoms with Crippen molar-refractivity contribution in [1.29, 1.82) is 0 Å². The van der Waals surface area contributed by atoms with Crippen molar-refractivity contribution in [2.24, 2.45) is 10.7 Å². The second-order valence-electron chi connectivity index (χ2n) is 8.00. The summed E-state index contributed by atoms with van der Waals surface area (Å²) in [5, 5.41) is 18.0. The SMILES string of the molecule is CCC(CCNc1nc2ccccc2c(C)c1C(N)=NC(C)O)NC1CCOCC1. The molecule has 2 atom stereocenters. The molecule has 5 N–H and O–H groups in total. The zero-order valence-electron chi connectivity index (χ0n) is 18.3. The molecule has 1 aliphatic heterocycles. The number of nitrogens with zero attached hydrogens (tertiary/aromatic N) is 2. The monoisotopic (exact) mass is 413 g/mol. The summed E-state index contributed by atoms with van der Waals surface area (Å²) in [6.07, 6.45) is 3.34. The molecule has 1 aliphatic rings. The van der Waals surface area contributed by atoms with Gasteiger partial charge in [-0.25, -0.2) is 9.98 Å². The lowest BCUT2D eigenvalue weighted by Gasteiger charge is -2.28. The van der Waals surface area contributed by atoms with Crippen LogP contribution in [0.4, 0.5) is 5.82 Å². The van der Waals surface area contributed by atoms with Crippen LogP contribution >= 0.6 is 0 Å². The van der Waals surface area contributed by atoms with Gasteiger partial charge in [-0.2, -0.15) is 0 Å². The van der Waals surface area contributed by atoms with Crippen molar-refractivity contribution in [2.45, 2.75) is 64.8 Å². The van der Waals surface area contributed by atoms with Crippen molar-refractivity contribution < 1.29 is 9.84 Å². The highest BCUT2D eigenvalue weighted by atomic mass is 16.5. The number of ether oxygens (including phenoxy) is 1. The minimum Gasteiger partial charge on any atom is -0.383 e. The summed E-state index contributed by atoms with van der Waals surface area (Å²) in [5.41, 5.74) is 8.95. The Kier molecular flexibility index (Phi) is 8.01. The Morgan fingerprint density at radius 2 is 2.07 bits per heavy atom. The maximum absolute atomic E-state index is 9.69. The first-order valence-corrected chi connectivity index (χ1v) is 11.0. The lowest BCUT2D eigenvalue weighted by molar-refractivity contribution is 0.0745. The average molecular weight is 414 g/mol. The maximum Gasteiger partial charge on any atom is 0.144 e. The predicted octanol–water partition coefficient (Wildman–Crippen LogP) is 2.94. The minimum atomic E-state index is -0.864. The predicted molar refractivity (Wildman–Crippen MR) is 123 cm³/mol. The molecule has 30 heavy (non-hydrogen) atoms. The molecule has 0 radical (unpaired) electrons. The van der Waals surface area contributed by atoms with Crippen LogP contribution in [-0.2, 0) is 4.74 Å². The highest BCUT2D eigenvalue weighted by Crippen LogP contribution is 2.26. The molecule has 0 aliphatic carbocycles. The summed E-state index contributed by atoms with van der Waals surface area (Å²) < 4.78 is 5.46. The van der Waals surface area contributed by atoms with Gasteiger partial charge >= 0.3 is 0 Å². The number of anilines is 1. The van der Waals surface area contributed by atoms with Gasteiger partial charge in [0.1, 0.15) is 17.9 Å². The highest BCUT2D eigenvalue weighted by molar-refractivity contribution is 6.06. The van der Waals surface area contributed by atoms with Crippen molar-refractivity contribution in [3.63, 3.8) is 0 Å². The fourth-order valence-electron chi connectivity index (χ4n) is 4.05. The summed E-state index contributed by atoms with van der Waals surface area (Å²) >= 11 is 0. The number of para-hydroxylation sites is 1. The van der Waals surface area contributed by atoms with Crippen LogP contribution in [0, 0.1) is 6.92 Å². The fraction of sp³-hybridized carbons (Fsp3) is 0.565. The number of aliphatic hydroxyl groups excluding tert-OH is 1. The lowest BCUT2D eigenvalue weighted by atomic mass is 10.0. The molecule has 164 valence electrons. The molecule has 7 heteroatoms. The molecule has 0 spiro atoms. The van der Waals surface area contributed by atoms with Crippen molar-refractivity contribution in [3.05, 3.63) is 35.4 Å². The summed E-state index contributed by atoms with van der Waals surface area (Å²) in [4.78, 5) is 8.97. The summed E-state index contributed by atoms with van der Waals surface area (Å²) in [6, 6.07) is 8.98. The van der Waals surface area contributed by atoms with E-state index in [2.05, 4.69) is 22.5 Å². The van der Waals surface area contributed by atoms with Crippen LogP contribution in [0.25, 0.3) is 10.9 Å². The first kappa shape index (κ1) is 22.5. The molecule has 1 saturated heterocycles. The van der Waals surface area contributed by atoms with Crippen molar-refractivity contribution in [2.75, 3.05) is 25.1 Å². The molecule has 2 heterocycles. The summed E-state index contributed by atoms with van der Waals surface area (Å²) in [6.45, 7) is 8.30. The molecule has 0 bridgehead atoms. The van der Waals surface area contributed by atoms with Gasteiger partial charge in [-0.1, -0.05) is 25.1 Å². The van der Waals surface area contributed by atoms with Crippen molar-refractivity contribution in [3.8, 4) is 0 Å². The van der Waals surface area contributed by atoms with Gasteiger partial charge in [0.15, 0.2) is 0 Å². The third kappa shape index (κ3) is 5.68. The molecule has 0 saturated carbocycles. The van der Waals surface area contributed by atoms with E-state index in [0.717, 1.165) is 67.5 Å². The Bertz CT molecular complexity index is 862. The number of hydrogen-bond acceptors (Lipinski definition) is 6. The molecule has 2 aromatic rings. The number of benzene rings is 1. The van der Waals surface area contributed by atoms with E-state index in [-0.39, 0.29) is 0 Å². The second kappa shape index (κ2) is 10.7. The van der Waals surface area contributed by atoms with Gasteiger partial charge in [-0.05, 0) is 51.2 Å². The minimum absolute atomic E-state index is 0.302. The summed E-state index contributed by atoms with van der Waals surface area (Å²) in [5.74, 6) is 1.02. The molecular weight excluding hydrogens is 378 g/mol. The van der Waals surface area contributed by atoms with E-state index in [1.807, 2.05) is 31.2 Å². The van der Waals surface area contributed by atoms with E-state index in [1.165, 1.54) is 0 Å². The quantitative estimate of drug-likeness (QED) is 0.372. The van der Waals surface area contributed by atoms with Gasteiger partial charge in [0, 0.05) is 37.2 Å². The number of aliphatic hydroxyl groups is 1. The van der Waals surface area contributed by atoms with Gasteiger partial charge < -0.3 is 26.2 Å². The van der Waals surface area contributed by atoms with Crippen molar-refractivity contribution in [1.82, 2.24) is 10.3 Å². The van der Waals surface area contributed by atoms with Crippen LogP contribution in [-0.4, -0.2) is 54.0 Å². The molecule has 3 rings (SSSR count). The number of aryl methyl sites for hydroxylation is 1. The third-order valence-electron chi connectivity index (χ3n) is 5.70. The van der Waals surface area contributed by atoms with E-state index >= 15 is 0 Å². The molecule has 1 aromatic heterocycles. The van der Waals surface area contributed by atoms with Crippen LogP contribution in [0.5, 0.6) is 0 Å². The first-order chi connectivity index (χ1) is 14.5. The van der Waals surface area contributed by atoms with Crippen LogP contribution in [0.2, 0.25) is 0 Å². The molecule has 0 amide bonds. The van der Waals surface area contributed by atoms with E-state index < -0.39 is 6.23 Å². The Hall–Kier alpha value is -2.22. The zero-order chi connectivity index (χ0) is 21.5. The van der Waals surface area contributed by atoms with E-state index in [4.69, 9.17) is 15.5 Å². The van der Waals surface area contributed by atoms with Crippen molar-refractivity contribution >= 4 is 22.6 Å². The van der Waals surface area contributed by atoms with Gasteiger partial charge in [-0.3, -0.25) is 0 Å². The Morgan fingerprint density at radius 1 is 1.33 bits per heavy atom. The molecule has 1 fully saturated rings. The lowest BCUT2D eigenvalue weighted by Crippen LogP contribution is -2.42. The number of hydrogen-bond donors (Lipinski definition) is 4. The summed E-state index contributed by atoms with van der Waals surface area (Å²) in [7, 11) is 0. The molecule has 7 nitrogen and oxygen atoms in total. The number of fused-ring (bicyclic) bond motifs is 1. The zero-order valence-corrected chi connectivity index (χ0v) is 18.3. The molecule has 2 unspecified atom stereocenters. The third-order valence-corrected chi connectivity index (χ3v) is 5.70. The number of nitrogens with two attached hydrogens (primary N) is 1. The van der Waals surface area contributed by atoms with Gasteiger partial charge in [0.25, 0.3) is 0 Å². The van der Waals surface area contributed by atoms with Gasteiger partial charge in [-0.15, -0.1) is 0 Å². The maximum atomic E-state index is 9.69. The number of amidine groups is 1. The Morgan fingerprint density at radius 3 is 2.77 bits per heavy atom. The second-order valence-corrected chi connectivity index (χ2v) is 8.00. The largest absolute Gasteiger partial charge is 0.383 e. The normalized spacial score (nSPS) is 17.8. The molecular formula is C23H35N5O2. The smallest absolute Gasteiger partial charge is 0.144 e. The average Bonchev–Trinajstić information content (AvgIpc) is 2.73. The Balaban J connectivity index is 1.76. The topological polar surface area (TPSA) is 105 Å². The van der Waals surface area contributed by atoms with E-state index in [1.54, 1.807) is 6.92 Å². The number of nitrogens with one attached hydrogen (secondary N) is 2. The van der Waals surface area contributed by atoms with Gasteiger partial charge in [0.05, 0.1) is 11.1 Å². The highest BCUT2D eigenvalue weighted by Gasteiger charge is 2.19. The number of pyridine rings is 1. The van der Waals surface area contributed by atoms with Crippen LogP contribution in [0.3, 0.4) is 0 Å². The first-order valence-electron chi connectivity index (χ1n) is 11.0.